The maximum absolute atomic E-state index is 2.22. The molecule has 0 aromatic carbocycles. The summed E-state index contributed by atoms with van der Waals surface area (Å²) in [5, 5.41) is 0. The summed E-state index contributed by atoms with van der Waals surface area (Å²) in [7, 11) is 0. The van der Waals surface area contributed by atoms with E-state index in [4.69, 9.17) is 0 Å². The average molecular weight is 68.1 g/mol. The molecule has 28 valence electrons. The molecule has 0 amide bonds. The van der Waals surface area contributed by atoms with E-state index in [1.54, 1.807) is 0 Å². The van der Waals surface area contributed by atoms with Crippen LogP contribution in [0.25, 0.3) is 0 Å². The second-order valence-corrected chi connectivity index (χ2v) is 1.46. The van der Waals surface area contributed by atoms with E-state index in [1.165, 1.54) is 6.42 Å². The Kier molecular flexibility index (Phi) is 0.503. The monoisotopic (exact) mass is 68.1 g/mol. The average Bonchev–Trinajstić information content (AvgIpc) is 2.12. The van der Waals surface area contributed by atoms with Crippen molar-refractivity contribution in [2.45, 2.75) is 13.3 Å². The van der Waals surface area contributed by atoms with Crippen molar-refractivity contribution in [3.8, 4) is 0 Å². The van der Waals surface area contributed by atoms with E-state index in [1.807, 2.05) is 0 Å². The van der Waals surface area contributed by atoms with Crippen molar-refractivity contribution in [3.63, 3.8) is 0 Å². The van der Waals surface area contributed by atoms with Gasteiger partial charge in [0.1, 0.15) is 0 Å². The maximum Gasteiger partial charge on any atom is -0.00557 e. The SMILES string of the molecule is CCC1C=C1. The highest BCUT2D eigenvalue weighted by atomic mass is 14.1. The predicted molar refractivity (Wildman–Crippen MR) is 22.9 cm³/mol. The van der Waals surface area contributed by atoms with Gasteiger partial charge in [-0.2, -0.15) is 0 Å². The highest BCUT2D eigenvalue weighted by Crippen LogP contribution is 2.18. The molecule has 0 heteroatoms. The van der Waals surface area contributed by atoms with Gasteiger partial charge in [0.2, 0.25) is 0 Å². The summed E-state index contributed by atoms with van der Waals surface area (Å²) in [6.07, 6.45) is 5.75. The van der Waals surface area contributed by atoms with Crippen LogP contribution < -0.4 is 0 Å². The van der Waals surface area contributed by atoms with E-state index in [0.29, 0.717) is 0 Å². The summed E-state index contributed by atoms with van der Waals surface area (Å²) >= 11 is 0. The summed E-state index contributed by atoms with van der Waals surface area (Å²) in [6.45, 7) is 2.20. The molecule has 0 spiro atoms. The first-order chi connectivity index (χ1) is 2.43. The zero-order valence-electron chi connectivity index (χ0n) is 3.44. The Labute approximate surface area is 32.5 Å². The summed E-state index contributed by atoms with van der Waals surface area (Å²) in [5.41, 5.74) is 0. The third-order valence-electron chi connectivity index (χ3n) is 0.936. The van der Waals surface area contributed by atoms with Crippen LogP contribution in [0.4, 0.5) is 0 Å². The molecule has 0 fully saturated rings. The smallest absolute Gasteiger partial charge is 0.00557 e. The van der Waals surface area contributed by atoms with Crippen LogP contribution in [0.1, 0.15) is 13.3 Å². The van der Waals surface area contributed by atoms with Gasteiger partial charge >= 0.3 is 0 Å². The third kappa shape index (κ3) is 0.504. The molecule has 0 N–H and O–H groups in total. The molecule has 0 nitrogen and oxygen atoms in total. The van der Waals surface area contributed by atoms with Gasteiger partial charge in [0.25, 0.3) is 0 Å². The summed E-state index contributed by atoms with van der Waals surface area (Å²) < 4.78 is 0. The first kappa shape index (κ1) is 2.95. The molecule has 1 rings (SSSR count). The number of hydrogen-bond acceptors (Lipinski definition) is 0. The lowest BCUT2D eigenvalue weighted by molar-refractivity contribution is 0.865. The first-order valence-corrected chi connectivity index (χ1v) is 2.12. The van der Waals surface area contributed by atoms with Crippen LogP contribution in [0, 0.1) is 5.92 Å². The minimum atomic E-state index is 0.884. The van der Waals surface area contributed by atoms with Crippen molar-refractivity contribution in [1.82, 2.24) is 0 Å². The van der Waals surface area contributed by atoms with E-state index in [0.717, 1.165) is 5.92 Å². The van der Waals surface area contributed by atoms with Gasteiger partial charge in [-0.15, -0.1) is 0 Å². The van der Waals surface area contributed by atoms with Gasteiger partial charge in [-0.1, -0.05) is 19.1 Å². The van der Waals surface area contributed by atoms with Gasteiger partial charge in [-0.05, 0) is 12.3 Å². The summed E-state index contributed by atoms with van der Waals surface area (Å²) in [6, 6.07) is 0. The van der Waals surface area contributed by atoms with E-state index < -0.39 is 0 Å². The van der Waals surface area contributed by atoms with Gasteiger partial charge < -0.3 is 0 Å². The van der Waals surface area contributed by atoms with E-state index in [2.05, 4.69) is 19.1 Å². The highest BCUT2D eigenvalue weighted by molar-refractivity contribution is 5.12. The zero-order chi connectivity index (χ0) is 3.70. The first-order valence-electron chi connectivity index (χ1n) is 2.12. The van der Waals surface area contributed by atoms with Gasteiger partial charge in [-0.3, -0.25) is 0 Å². The number of allylic oxidation sites excluding steroid dienone is 2. The standard InChI is InChI=1S/C5H8/c1-2-5-3-4-5/h3-5H,2H2,1H3. The lowest BCUT2D eigenvalue weighted by atomic mass is 10.3. The number of rotatable bonds is 1. The Morgan fingerprint density at radius 3 is 2.20 bits per heavy atom. The van der Waals surface area contributed by atoms with Crippen LogP contribution >= 0.6 is 0 Å². The van der Waals surface area contributed by atoms with Crippen LogP contribution in [0.3, 0.4) is 0 Å². The maximum atomic E-state index is 2.22. The normalized spacial score (nSPS) is 20.2. The Morgan fingerprint density at radius 2 is 2.20 bits per heavy atom. The van der Waals surface area contributed by atoms with E-state index >= 15 is 0 Å². The molecular formula is C5H8. The molecule has 0 unspecified atom stereocenters. The topological polar surface area (TPSA) is 0 Å². The van der Waals surface area contributed by atoms with Crippen molar-refractivity contribution >= 4 is 0 Å². The Balaban J connectivity index is 2.06. The molecule has 1 aliphatic carbocycles. The van der Waals surface area contributed by atoms with Gasteiger partial charge in [0.05, 0.1) is 0 Å². The molecule has 0 atom stereocenters. The summed E-state index contributed by atoms with van der Waals surface area (Å²) in [4.78, 5) is 0. The fraction of sp³-hybridized carbons (Fsp3) is 0.600. The second-order valence-electron chi connectivity index (χ2n) is 1.46. The molecule has 0 radical (unpaired) electrons. The van der Waals surface area contributed by atoms with Gasteiger partial charge in [0, 0.05) is 0 Å². The number of hydrogen-bond donors (Lipinski definition) is 0. The van der Waals surface area contributed by atoms with E-state index in [9.17, 15) is 0 Å². The van der Waals surface area contributed by atoms with Crippen LogP contribution in [0.5, 0.6) is 0 Å². The van der Waals surface area contributed by atoms with Crippen molar-refractivity contribution in [2.24, 2.45) is 5.92 Å². The molecule has 0 saturated carbocycles. The van der Waals surface area contributed by atoms with E-state index in [-0.39, 0.29) is 0 Å². The fourth-order valence-corrected chi connectivity index (χ4v) is 0.351. The minimum absolute atomic E-state index is 0.884. The zero-order valence-corrected chi connectivity index (χ0v) is 3.44. The lowest BCUT2D eigenvalue weighted by Gasteiger charge is -1.75. The van der Waals surface area contributed by atoms with Gasteiger partial charge in [0.15, 0.2) is 0 Å². The molecule has 0 aromatic rings. The molecule has 0 bridgehead atoms. The van der Waals surface area contributed by atoms with Crippen molar-refractivity contribution in [3.05, 3.63) is 12.2 Å². The molecule has 0 heterocycles. The quantitative estimate of drug-likeness (QED) is 0.409. The molecule has 0 aliphatic heterocycles. The largest absolute Gasteiger partial charge is 0.0810 e. The molecule has 0 saturated heterocycles. The Morgan fingerprint density at radius 1 is 1.60 bits per heavy atom. The van der Waals surface area contributed by atoms with Crippen LogP contribution in [-0.2, 0) is 0 Å². The van der Waals surface area contributed by atoms with Crippen molar-refractivity contribution in [1.29, 1.82) is 0 Å². The third-order valence-corrected chi connectivity index (χ3v) is 0.936. The van der Waals surface area contributed by atoms with Crippen LogP contribution in [-0.4, -0.2) is 0 Å². The lowest BCUT2D eigenvalue weighted by Crippen LogP contribution is -1.63. The second kappa shape index (κ2) is 0.852. The Hall–Kier alpha value is -0.260. The predicted octanol–water partition coefficient (Wildman–Crippen LogP) is 1.58. The summed E-state index contributed by atoms with van der Waals surface area (Å²) in [5.74, 6) is 0.884. The highest BCUT2D eigenvalue weighted by Gasteiger charge is 2.04. The van der Waals surface area contributed by atoms with Gasteiger partial charge in [-0.25, -0.2) is 0 Å². The van der Waals surface area contributed by atoms with Crippen LogP contribution in [0.15, 0.2) is 12.2 Å². The molecular weight excluding hydrogens is 60.1 g/mol. The fourth-order valence-electron chi connectivity index (χ4n) is 0.351. The minimum Gasteiger partial charge on any atom is -0.0810 e. The van der Waals surface area contributed by atoms with Crippen molar-refractivity contribution in [2.75, 3.05) is 0 Å². The van der Waals surface area contributed by atoms with Crippen LogP contribution in [0.2, 0.25) is 0 Å². The Bertz CT molecular complexity index is 47.1. The van der Waals surface area contributed by atoms with Crippen molar-refractivity contribution < 1.29 is 0 Å². The molecule has 0 aromatic heterocycles. The molecule has 1 aliphatic rings. The molecule has 5 heavy (non-hydrogen) atoms.